The van der Waals surface area contributed by atoms with Gasteiger partial charge in [0.15, 0.2) is 0 Å². The number of benzene rings is 1. The molecule has 1 rings (SSSR count). The van der Waals surface area contributed by atoms with Crippen LogP contribution in [0.4, 0.5) is 0 Å². The molecule has 1 aromatic rings. The number of ether oxygens (including phenoxy) is 2. The Morgan fingerprint density at radius 1 is 1.24 bits per heavy atom. The van der Waals surface area contributed by atoms with Crippen molar-refractivity contribution >= 4 is 5.97 Å². The molecular weight excluding hydrogens is 274 g/mol. The molecule has 0 bridgehead atoms. The second-order valence-corrected chi connectivity index (χ2v) is 4.82. The third-order valence-electron chi connectivity index (χ3n) is 3.24. The molecule has 0 aromatic heterocycles. The number of hydrogen-bond donors (Lipinski definition) is 2. The summed E-state index contributed by atoms with van der Waals surface area (Å²) in [5.74, 6) is -1.03. The topological polar surface area (TPSA) is 79.2 Å². The summed E-state index contributed by atoms with van der Waals surface area (Å²) in [6.45, 7) is 3.53. The zero-order chi connectivity index (χ0) is 15.8. The molecule has 1 aromatic carbocycles. The van der Waals surface area contributed by atoms with Crippen molar-refractivity contribution in [2.75, 3.05) is 40.5 Å². The average molecular weight is 297 g/mol. The smallest absolute Gasteiger partial charge is 0.325 e. The van der Waals surface area contributed by atoms with Gasteiger partial charge in [0.1, 0.15) is 11.8 Å². The molecule has 0 heterocycles. The first-order valence-corrected chi connectivity index (χ1v) is 6.75. The molecule has 0 saturated heterocycles. The van der Waals surface area contributed by atoms with Gasteiger partial charge in [0, 0.05) is 32.9 Å². The summed E-state index contributed by atoms with van der Waals surface area (Å²) >= 11 is 0. The first-order chi connectivity index (χ1) is 10.0. The zero-order valence-corrected chi connectivity index (χ0v) is 12.7. The molecule has 0 aliphatic rings. The Morgan fingerprint density at radius 3 is 2.29 bits per heavy atom. The van der Waals surface area contributed by atoms with E-state index in [0.717, 1.165) is 5.56 Å². The summed E-state index contributed by atoms with van der Waals surface area (Å²) in [5.41, 5.74) is 1.28. The number of rotatable bonds is 9. The van der Waals surface area contributed by atoms with Gasteiger partial charge in [-0.05, 0) is 13.0 Å². The Hall–Kier alpha value is -1.63. The molecule has 2 N–H and O–H groups in total. The molecule has 0 aliphatic heterocycles. The van der Waals surface area contributed by atoms with Crippen LogP contribution in [0, 0.1) is 6.92 Å². The highest BCUT2D eigenvalue weighted by atomic mass is 16.5. The van der Waals surface area contributed by atoms with Crippen LogP contribution in [0.1, 0.15) is 17.2 Å². The molecule has 0 radical (unpaired) electrons. The number of carboxylic acid groups (broad SMARTS) is 1. The molecule has 0 saturated carbocycles. The van der Waals surface area contributed by atoms with Crippen LogP contribution in [0.5, 0.6) is 5.75 Å². The van der Waals surface area contributed by atoms with Crippen molar-refractivity contribution in [3.05, 3.63) is 29.3 Å². The molecular formula is C15H23NO5. The molecule has 6 heteroatoms. The van der Waals surface area contributed by atoms with Crippen LogP contribution in [0.15, 0.2) is 18.2 Å². The number of aliphatic carboxylic acids is 1. The highest BCUT2D eigenvalue weighted by molar-refractivity contribution is 5.76. The summed E-state index contributed by atoms with van der Waals surface area (Å²) in [6.07, 6.45) is 0. The summed E-state index contributed by atoms with van der Waals surface area (Å²) in [4.78, 5) is 13.4. The normalized spacial score (nSPS) is 12.6. The van der Waals surface area contributed by atoms with Crippen molar-refractivity contribution < 1.29 is 24.5 Å². The molecule has 1 atom stereocenters. The van der Waals surface area contributed by atoms with E-state index >= 15 is 0 Å². The van der Waals surface area contributed by atoms with Gasteiger partial charge in [-0.1, -0.05) is 17.7 Å². The van der Waals surface area contributed by atoms with Crippen LogP contribution in [-0.2, 0) is 14.3 Å². The van der Waals surface area contributed by atoms with Crippen LogP contribution in [0.3, 0.4) is 0 Å². The van der Waals surface area contributed by atoms with Gasteiger partial charge in [0.2, 0.25) is 0 Å². The molecule has 0 spiro atoms. The van der Waals surface area contributed by atoms with Gasteiger partial charge in [-0.2, -0.15) is 0 Å². The fraction of sp³-hybridized carbons (Fsp3) is 0.533. The minimum Gasteiger partial charge on any atom is -0.508 e. The van der Waals surface area contributed by atoms with Crippen LogP contribution >= 0.6 is 0 Å². The summed E-state index contributed by atoms with van der Waals surface area (Å²) in [7, 11) is 3.13. The first kappa shape index (κ1) is 17.4. The monoisotopic (exact) mass is 297 g/mol. The maximum atomic E-state index is 11.7. The molecule has 1 unspecified atom stereocenters. The number of aryl methyl sites for hydroxylation is 1. The van der Waals surface area contributed by atoms with Crippen molar-refractivity contribution in [3.8, 4) is 5.75 Å². The third kappa shape index (κ3) is 5.00. The molecule has 0 aliphatic carbocycles. The van der Waals surface area contributed by atoms with Gasteiger partial charge in [0.25, 0.3) is 0 Å². The Labute approximate surface area is 124 Å². The van der Waals surface area contributed by atoms with Crippen molar-refractivity contribution in [1.82, 2.24) is 4.90 Å². The Bertz CT molecular complexity index is 455. The van der Waals surface area contributed by atoms with Crippen molar-refractivity contribution in [2.45, 2.75) is 13.0 Å². The standard InChI is InChI=1S/C15H23NO5/c1-11-4-5-13(17)12(10-11)14(15(18)19)16(6-8-20-2)7-9-21-3/h4-5,10,14,17H,6-9H2,1-3H3,(H,18,19). The Kier molecular flexibility index (Phi) is 7.14. The maximum Gasteiger partial charge on any atom is 0.325 e. The Morgan fingerprint density at radius 2 is 1.81 bits per heavy atom. The third-order valence-corrected chi connectivity index (χ3v) is 3.24. The fourth-order valence-electron chi connectivity index (χ4n) is 2.17. The van der Waals surface area contributed by atoms with Gasteiger partial charge in [-0.25, -0.2) is 0 Å². The van der Waals surface area contributed by atoms with E-state index in [-0.39, 0.29) is 5.75 Å². The average Bonchev–Trinajstić information content (AvgIpc) is 2.44. The number of aromatic hydroxyl groups is 1. The summed E-state index contributed by atoms with van der Waals surface area (Å²) in [6, 6.07) is 4.02. The minimum absolute atomic E-state index is 0.0205. The SMILES string of the molecule is COCCN(CCOC)C(C(=O)O)c1cc(C)ccc1O. The van der Waals surface area contributed by atoms with Crippen molar-refractivity contribution in [3.63, 3.8) is 0 Å². The lowest BCUT2D eigenvalue weighted by molar-refractivity contribution is -0.144. The van der Waals surface area contributed by atoms with E-state index in [2.05, 4.69) is 0 Å². The highest BCUT2D eigenvalue weighted by Crippen LogP contribution is 2.29. The number of phenols is 1. The van der Waals surface area contributed by atoms with Crippen molar-refractivity contribution in [2.24, 2.45) is 0 Å². The van der Waals surface area contributed by atoms with Crippen LogP contribution in [0.2, 0.25) is 0 Å². The number of phenolic OH excluding ortho intramolecular Hbond substituents is 1. The molecule has 21 heavy (non-hydrogen) atoms. The predicted molar refractivity (Wildman–Crippen MR) is 78.5 cm³/mol. The van der Waals surface area contributed by atoms with Gasteiger partial charge < -0.3 is 19.7 Å². The molecule has 0 amide bonds. The Balaban J connectivity index is 3.10. The number of nitrogens with zero attached hydrogens (tertiary/aromatic N) is 1. The largest absolute Gasteiger partial charge is 0.508 e. The van der Waals surface area contributed by atoms with Gasteiger partial charge in [-0.15, -0.1) is 0 Å². The summed E-state index contributed by atoms with van der Waals surface area (Å²) in [5, 5.41) is 19.6. The quantitative estimate of drug-likeness (QED) is 0.717. The number of hydrogen-bond acceptors (Lipinski definition) is 5. The van der Waals surface area contributed by atoms with E-state index in [1.54, 1.807) is 31.3 Å². The minimum atomic E-state index is -1.01. The second kappa shape index (κ2) is 8.61. The number of carbonyl (C=O) groups is 1. The van der Waals surface area contributed by atoms with E-state index in [4.69, 9.17) is 9.47 Å². The van der Waals surface area contributed by atoms with Crippen LogP contribution < -0.4 is 0 Å². The fourth-order valence-corrected chi connectivity index (χ4v) is 2.17. The first-order valence-electron chi connectivity index (χ1n) is 6.75. The van der Waals surface area contributed by atoms with Crippen LogP contribution in [0.25, 0.3) is 0 Å². The molecule has 118 valence electrons. The lowest BCUT2D eigenvalue weighted by Gasteiger charge is -2.29. The van der Waals surface area contributed by atoms with Gasteiger partial charge >= 0.3 is 5.97 Å². The molecule has 6 nitrogen and oxygen atoms in total. The van der Waals surface area contributed by atoms with Gasteiger partial charge in [0.05, 0.1) is 13.2 Å². The van der Waals surface area contributed by atoms with Crippen molar-refractivity contribution in [1.29, 1.82) is 0 Å². The van der Waals surface area contributed by atoms with E-state index in [1.165, 1.54) is 6.07 Å². The summed E-state index contributed by atoms with van der Waals surface area (Å²) < 4.78 is 10.1. The van der Waals surface area contributed by atoms with E-state index in [0.29, 0.717) is 31.9 Å². The van der Waals surface area contributed by atoms with E-state index in [9.17, 15) is 15.0 Å². The number of methoxy groups -OCH3 is 2. The van der Waals surface area contributed by atoms with E-state index < -0.39 is 12.0 Å². The van der Waals surface area contributed by atoms with Crippen LogP contribution in [-0.4, -0.2) is 61.6 Å². The molecule has 0 fully saturated rings. The maximum absolute atomic E-state index is 11.7. The second-order valence-electron chi connectivity index (χ2n) is 4.82. The highest BCUT2D eigenvalue weighted by Gasteiger charge is 2.29. The lowest BCUT2D eigenvalue weighted by Crippen LogP contribution is -2.38. The lowest BCUT2D eigenvalue weighted by atomic mass is 10.0. The van der Waals surface area contributed by atoms with Gasteiger partial charge in [-0.3, -0.25) is 9.69 Å². The predicted octanol–water partition coefficient (Wildman–Crippen LogP) is 1.42. The van der Waals surface area contributed by atoms with E-state index in [1.807, 2.05) is 6.92 Å². The number of carboxylic acids is 1. The zero-order valence-electron chi connectivity index (χ0n) is 12.7.